The number of hydrogen-bond acceptors (Lipinski definition) is 2. The standard InChI is InChI=1S/C12H7I.C7H5F3O3S/c13-11-7-3-6-10-8-4-1-2-5-9(8)12(10)11;8-7(9,10)5-1-3-6(4-2-5)14(11,12)13/h1-7H;1-4H,(H,11,12,13). The molecule has 3 aromatic carbocycles. The molecule has 8 heteroatoms. The summed E-state index contributed by atoms with van der Waals surface area (Å²) in [7, 11) is -4.43. The van der Waals surface area contributed by atoms with Gasteiger partial charge < -0.3 is 0 Å². The Kier molecular flexibility index (Phi) is 5.33. The molecule has 0 heterocycles. The van der Waals surface area contributed by atoms with Gasteiger partial charge in [-0.15, -0.1) is 0 Å². The molecule has 3 nitrogen and oxygen atoms in total. The molecule has 0 radical (unpaired) electrons. The van der Waals surface area contributed by atoms with Crippen molar-refractivity contribution in [3.05, 3.63) is 75.9 Å². The highest BCUT2D eigenvalue weighted by Crippen LogP contribution is 2.48. The number of halogens is 4. The van der Waals surface area contributed by atoms with Gasteiger partial charge in [0, 0.05) is 9.13 Å². The third kappa shape index (κ3) is 4.17. The van der Waals surface area contributed by atoms with E-state index in [1.807, 2.05) is 0 Å². The molecule has 1 aliphatic carbocycles. The Morgan fingerprint density at radius 2 is 1.33 bits per heavy atom. The minimum absolute atomic E-state index is 0.564. The molecule has 0 atom stereocenters. The van der Waals surface area contributed by atoms with E-state index in [1.54, 1.807) is 0 Å². The van der Waals surface area contributed by atoms with E-state index in [1.165, 1.54) is 25.8 Å². The Bertz CT molecular complexity index is 1090. The maximum absolute atomic E-state index is 12.0. The van der Waals surface area contributed by atoms with E-state index in [-0.39, 0.29) is 0 Å². The molecular weight excluding hydrogens is 492 g/mol. The van der Waals surface area contributed by atoms with Crippen LogP contribution in [0.15, 0.2) is 71.6 Å². The molecule has 4 rings (SSSR count). The van der Waals surface area contributed by atoms with Crippen molar-refractivity contribution < 1.29 is 26.1 Å². The van der Waals surface area contributed by atoms with Crippen molar-refractivity contribution in [2.45, 2.75) is 11.1 Å². The van der Waals surface area contributed by atoms with Crippen molar-refractivity contribution >= 4 is 32.7 Å². The molecule has 1 aliphatic rings. The van der Waals surface area contributed by atoms with E-state index in [0.717, 1.165) is 0 Å². The predicted molar refractivity (Wildman–Crippen MR) is 105 cm³/mol. The molecule has 0 saturated carbocycles. The fourth-order valence-corrected chi connectivity index (χ4v) is 3.98. The summed E-state index contributed by atoms with van der Waals surface area (Å²) in [5, 5.41) is 0. The van der Waals surface area contributed by atoms with E-state index < -0.39 is 26.8 Å². The molecule has 1 N–H and O–H groups in total. The van der Waals surface area contributed by atoms with Gasteiger partial charge in [-0.1, -0.05) is 36.4 Å². The topological polar surface area (TPSA) is 54.4 Å². The first kappa shape index (κ1) is 19.8. The smallest absolute Gasteiger partial charge is 0.282 e. The summed E-state index contributed by atoms with van der Waals surface area (Å²) in [5.74, 6) is 0. The Hall–Kier alpha value is -1.91. The van der Waals surface area contributed by atoms with Crippen LogP contribution < -0.4 is 0 Å². The Labute approximate surface area is 167 Å². The zero-order chi connectivity index (χ0) is 19.8. The Balaban J connectivity index is 0.000000156. The largest absolute Gasteiger partial charge is 0.416 e. The van der Waals surface area contributed by atoms with Crippen LogP contribution in [0.25, 0.3) is 22.3 Å². The van der Waals surface area contributed by atoms with Gasteiger partial charge in [0.25, 0.3) is 10.1 Å². The van der Waals surface area contributed by atoms with Crippen LogP contribution in [0.3, 0.4) is 0 Å². The van der Waals surface area contributed by atoms with Crippen molar-refractivity contribution in [1.29, 1.82) is 0 Å². The van der Waals surface area contributed by atoms with E-state index >= 15 is 0 Å². The fraction of sp³-hybridized carbons (Fsp3) is 0.0526. The second-order valence-corrected chi connectivity index (χ2v) is 8.29. The van der Waals surface area contributed by atoms with E-state index in [2.05, 4.69) is 65.1 Å². The average molecular weight is 504 g/mol. The van der Waals surface area contributed by atoms with Crippen LogP contribution in [0.1, 0.15) is 5.56 Å². The molecule has 0 aromatic heterocycles. The quantitative estimate of drug-likeness (QED) is 0.260. The Morgan fingerprint density at radius 1 is 0.778 bits per heavy atom. The highest BCUT2D eigenvalue weighted by Gasteiger charge is 2.30. The molecule has 0 aliphatic heterocycles. The summed E-state index contributed by atoms with van der Waals surface area (Å²) in [6.45, 7) is 0. The van der Waals surface area contributed by atoms with Crippen LogP contribution in [-0.4, -0.2) is 13.0 Å². The van der Waals surface area contributed by atoms with Gasteiger partial charge in [-0.05, 0) is 69.6 Å². The minimum Gasteiger partial charge on any atom is -0.282 e. The summed E-state index contributed by atoms with van der Waals surface area (Å²) in [6, 6.07) is 17.6. The first-order valence-electron chi connectivity index (χ1n) is 7.62. The maximum Gasteiger partial charge on any atom is 0.416 e. The van der Waals surface area contributed by atoms with Gasteiger partial charge in [-0.2, -0.15) is 21.6 Å². The number of alkyl halides is 3. The van der Waals surface area contributed by atoms with Crippen molar-refractivity contribution in [3.8, 4) is 22.3 Å². The van der Waals surface area contributed by atoms with Crippen LogP contribution in [0.2, 0.25) is 0 Å². The number of benzene rings is 3. The van der Waals surface area contributed by atoms with Crippen LogP contribution in [0.4, 0.5) is 13.2 Å². The van der Waals surface area contributed by atoms with Crippen molar-refractivity contribution in [3.63, 3.8) is 0 Å². The van der Waals surface area contributed by atoms with Gasteiger partial charge in [0.1, 0.15) is 0 Å². The molecule has 0 saturated heterocycles. The molecule has 0 amide bonds. The van der Waals surface area contributed by atoms with E-state index in [4.69, 9.17) is 4.55 Å². The number of hydrogen-bond donors (Lipinski definition) is 1. The first-order chi connectivity index (χ1) is 12.6. The monoisotopic (exact) mass is 504 g/mol. The summed E-state index contributed by atoms with van der Waals surface area (Å²) in [5.41, 5.74) is 4.67. The van der Waals surface area contributed by atoms with Crippen LogP contribution in [-0.2, 0) is 16.3 Å². The number of rotatable bonds is 1. The molecule has 27 heavy (non-hydrogen) atoms. The maximum atomic E-state index is 12.0. The highest BCUT2D eigenvalue weighted by atomic mass is 127. The van der Waals surface area contributed by atoms with Crippen molar-refractivity contribution in [1.82, 2.24) is 0 Å². The van der Waals surface area contributed by atoms with Gasteiger partial charge >= 0.3 is 6.18 Å². The Morgan fingerprint density at radius 3 is 1.89 bits per heavy atom. The normalized spacial score (nSPS) is 12.2. The van der Waals surface area contributed by atoms with Gasteiger partial charge in [0.2, 0.25) is 0 Å². The second-order valence-electron chi connectivity index (χ2n) is 5.71. The summed E-state index contributed by atoms with van der Waals surface area (Å²) in [6.07, 6.45) is -4.52. The molecule has 140 valence electrons. The minimum atomic E-state index is -4.52. The lowest BCUT2D eigenvalue weighted by molar-refractivity contribution is -0.137. The fourth-order valence-electron chi connectivity index (χ4n) is 2.71. The zero-order valence-corrected chi connectivity index (χ0v) is 16.5. The SMILES string of the molecule is Ic1cccc2c1-c1ccccc1-2.O=S(=O)(O)c1ccc(C(F)(F)F)cc1. The van der Waals surface area contributed by atoms with Gasteiger partial charge in [0.05, 0.1) is 10.5 Å². The van der Waals surface area contributed by atoms with Crippen LogP contribution >= 0.6 is 22.6 Å². The van der Waals surface area contributed by atoms with Crippen LogP contribution in [0.5, 0.6) is 0 Å². The average Bonchev–Trinajstić information content (AvgIpc) is 2.58. The van der Waals surface area contributed by atoms with Crippen LogP contribution in [0, 0.1) is 3.57 Å². The molecule has 0 fully saturated rings. The molecule has 0 unspecified atom stereocenters. The third-order valence-corrected chi connectivity index (χ3v) is 5.75. The lowest BCUT2D eigenvalue weighted by atomic mass is 9.81. The number of fused-ring (bicyclic) bond motifs is 4. The third-order valence-electron chi connectivity index (χ3n) is 3.98. The predicted octanol–water partition coefficient (Wildman–Crippen LogP) is 5.89. The second kappa shape index (κ2) is 7.25. The molecular formula is C19H12F3IO3S. The van der Waals surface area contributed by atoms with Gasteiger partial charge in [-0.25, -0.2) is 0 Å². The van der Waals surface area contributed by atoms with Gasteiger partial charge in [0.15, 0.2) is 0 Å². The lowest BCUT2D eigenvalue weighted by Crippen LogP contribution is -2.05. The highest BCUT2D eigenvalue weighted by molar-refractivity contribution is 14.1. The van der Waals surface area contributed by atoms with E-state index in [9.17, 15) is 21.6 Å². The van der Waals surface area contributed by atoms with E-state index in [0.29, 0.717) is 24.3 Å². The molecule has 3 aromatic rings. The van der Waals surface area contributed by atoms with Crippen molar-refractivity contribution in [2.75, 3.05) is 0 Å². The first-order valence-corrected chi connectivity index (χ1v) is 10.1. The molecule has 0 spiro atoms. The summed E-state index contributed by atoms with van der Waals surface area (Å²) < 4.78 is 66.8. The zero-order valence-electron chi connectivity index (χ0n) is 13.5. The van der Waals surface area contributed by atoms with Gasteiger partial charge in [-0.3, -0.25) is 4.55 Å². The van der Waals surface area contributed by atoms with Crippen molar-refractivity contribution in [2.24, 2.45) is 0 Å². The summed E-state index contributed by atoms with van der Waals surface area (Å²) in [4.78, 5) is -0.564. The summed E-state index contributed by atoms with van der Waals surface area (Å²) >= 11 is 2.40. The lowest BCUT2D eigenvalue weighted by Gasteiger charge is -2.24. The molecule has 0 bridgehead atoms.